The van der Waals surface area contributed by atoms with Crippen molar-refractivity contribution in [1.29, 1.82) is 0 Å². The average molecular weight is 262 g/mol. The van der Waals surface area contributed by atoms with E-state index in [2.05, 4.69) is 9.72 Å². The molecule has 0 bridgehead atoms. The molecule has 0 amide bonds. The van der Waals surface area contributed by atoms with E-state index >= 15 is 0 Å². The topological polar surface area (TPSA) is 48.4 Å². The van der Waals surface area contributed by atoms with Crippen molar-refractivity contribution >= 4 is 17.6 Å². The van der Waals surface area contributed by atoms with Gasteiger partial charge in [0.05, 0.1) is 19.9 Å². The number of carbonyl (C=O) groups excluding carboxylic acids is 1. The molecule has 0 aliphatic carbocycles. The van der Waals surface area contributed by atoms with Crippen molar-refractivity contribution in [2.75, 3.05) is 14.2 Å². The fourth-order valence-electron chi connectivity index (χ4n) is 1.33. The summed E-state index contributed by atoms with van der Waals surface area (Å²) in [6.45, 7) is 3.50. The zero-order valence-electron chi connectivity index (χ0n) is 10.0. The Balaban J connectivity index is 3.52. The van der Waals surface area contributed by atoms with Gasteiger partial charge >= 0.3 is 5.97 Å². The lowest BCUT2D eigenvalue weighted by molar-refractivity contribution is 0.0593. The molecule has 0 unspecified atom stereocenters. The van der Waals surface area contributed by atoms with Crippen LogP contribution in [-0.4, -0.2) is 25.2 Å². The zero-order valence-corrected chi connectivity index (χ0v) is 10.8. The second kappa shape index (κ2) is 5.31. The summed E-state index contributed by atoms with van der Waals surface area (Å²) in [5.74, 6) is -1.77. The van der Waals surface area contributed by atoms with Crippen molar-refractivity contribution in [2.24, 2.45) is 0 Å². The molecule has 0 saturated heterocycles. The Morgan fingerprint density at radius 2 is 2.00 bits per heavy atom. The number of nitrogens with zero attached hydrogens (tertiary/aromatic N) is 1. The van der Waals surface area contributed by atoms with Gasteiger partial charge in [0.15, 0.2) is 17.3 Å². The smallest absolute Gasteiger partial charge is 0.358 e. The van der Waals surface area contributed by atoms with E-state index in [0.29, 0.717) is 0 Å². The number of esters is 1. The zero-order chi connectivity index (χ0) is 13.2. The van der Waals surface area contributed by atoms with Gasteiger partial charge in [0, 0.05) is 0 Å². The Morgan fingerprint density at radius 1 is 1.41 bits per heavy atom. The Morgan fingerprint density at radius 3 is 2.41 bits per heavy atom. The quantitative estimate of drug-likeness (QED) is 0.785. The van der Waals surface area contributed by atoms with Gasteiger partial charge in [-0.3, -0.25) is 0 Å². The minimum atomic E-state index is -0.727. The van der Waals surface area contributed by atoms with Crippen molar-refractivity contribution < 1.29 is 18.7 Å². The Labute approximate surface area is 104 Å². The maximum atomic E-state index is 13.9. The molecule has 0 fully saturated rings. The van der Waals surface area contributed by atoms with Crippen molar-refractivity contribution in [3.05, 3.63) is 22.2 Å². The van der Waals surface area contributed by atoms with Crippen LogP contribution in [-0.2, 0) is 4.74 Å². The molecular formula is C11H13ClFNO3. The monoisotopic (exact) mass is 261 g/mol. The summed E-state index contributed by atoms with van der Waals surface area (Å²) in [6.07, 6.45) is 0. The van der Waals surface area contributed by atoms with E-state index in [1.165, 1.54) is 14.2 Å². The predicted octanol–water partition coefficient (Wildman–Crippen LogP) is 2.79. The third kappa shape index (κ3) is 2.49. The molecule has 0 N–H and O–H groups in total. The van der Waals surface area contributed by atoms with Crippen molar-refractivity contribution in [3.63, 3.8) is 0 Å². The lowest BCUT2D eigenvalue weighted by Gasteiger charge is -2.13. The minimum Gasteiger partial charge on any atom is -0.492 e. The van der Waals surface area contributed by atoms with Gasteiger partial charge < -0.3 is 9.47 Å². The molecule has 0 aliphatic rings. The number of hydrogen-bond donors (Lipinski definition) is 0. The van der Waals surface area contributed by atoms with Crippen molar-refractivity contribution in [3.8, 4) is 5.75 Å². The first kappa shape index (κ1) is 13.7. The van der Waals surface area contributed by atoms with Crippen molar-refractivity contribution in [2.45, 2.75) is 19.8 Å². The molecule has 0 aromatic carbocycles. The van der Waals surface area contributed by atoms with Crippen LogP contribution in [0.3, 0.4) is 0 Å². The number of carbonyl (C=O) groups is 1. The second-order valence-electron chi connectivity index (χ2n) is 3.65. The summed E-state index contributed by atoms with van der Waals surface area (Å²) in [5, 5.41) is -0.179. The van der Waals surface area contributed by atoms with Gasteiger partial charge in [0.1, 0.15) is 5.02 Å². The number of halogens is 2. The van der Waals surface area contributed by atoms with Crippen LogP contribution in [0.2, 0.25) is 5.02 Å². The van der Waals surface area contributed by atoms with E-state index in [9.17, 15) is 9.18 Å². The molecule has 0 radical (unpaired) electrons. The summed E-state index contributed by atoms with van der Waals surface area (Å²) in [5.41, 5.74) is -0.0252. The van der Waals surface area contributed by atoms with Gasteiger partial charge in [-0.15, -0.1) is 0 Å². The highest BCUT2D eigenvalue weighted by atomic mass is 35.5. The predicted molar refractivity (Wildman–Crippen MR) is 61.2 cm³/mol. The first-order chi connectivity index (χ1) is 7.93. The standard InChI is InChI=1S/C11H13ClFNO3/c1-5(2)8-7(13)10(16-3)6(12)9(14-8)11(15)17-4/h5H,1-4H3. The Hall–Kier alpha value is -1.36. The van der Waals surface area contributed by atoms with Gasteiger partial charge in [-0.25, -0.2) is 14.2 Å². The van der Waals surface area contributed by atoms with E-state index in [4.69, 9.17) is 16.3 Å². The third-order valence-corrected chi connectivity index (χ3v) is 2.54. The van der Waals surface area contributed by atoms with Crippen LogP contribution in [0.1, 0.15) is 35.9 Å². The highest BCUT2D eigenvalue weighted by Crippen LogP contribution is 2.34. The minimum absolute atomic E-state index is 0.117. The summed E-state index contributed by atoms with van der Waals surface area (Å²) in [4.78, 5) is 15.3. The summed E-state index contributed by atoms with van der Waals surface area (Å²) in [7, 11) is 2.47. The van der Waals surface area contributed by atoms with Gasteiger partial charge in [0.2, 0.25) is 0 Å². The van der Waals surface area contributed by atoms with Gasteiger partial charge in [-0.05, 0) is 5.92 Å². The summed E-state index contributed by atoms with van der Waals surface area (Å²) >= 11 is 5.84. The number of hydrogen-bond acceptors (Lipinski definition) is 4. The fraction of sp³-hybridized carbons (Fsp3) is 0.455. The first-order valence-corrected chi connectivity index (χ1v) is 5.33. The molecule has 0 spiro atoms. The van der Waals surface area contributed by atoms with Crippen LogP contribution in [0.5, 0.6) is 5.75 Å². The largest absolute Gasteiger partial charge is 0.492 e. The van der Waals surface area contributed by atoms with Crippen LogP contribution >= 0.6 is 11.6 Å². The number of ether oxygens (including phenoxy) is 2. The lowest BCUT2D eigenvalue weighted by Crippen LogP contribution is -2.11. The van der Waals surface area contributed by atoms with Crippen LogP contribution in [0.4, 0.5) is 4.39 Å². The maximum absolute atomic E-state index is 13.9. The molecule has 1 aromatic heterocycles. The second-order valence-corrected chi connectivity index (χ2v) is 4.03. The summed E-state index contributed by atoms with van der Waals surface area (Å²) < 4.78 is 23.3. The number of aromatic nitrogens is 1. The van der Waals surface area contributed by atoms with E-state index < -0.39 is 11.8 Å². The molecule has 0 aliphatic heterocycles. The molecule has 1 aromatic rings. The molecular weight excluding hydrogens is 249 g/mol. The molecule has 4 nitrogen and oxygen atoms in total. The third-order valence-electron chi connectivity index (χ3n) is 2.19. The van der Waals surface area contributed by atoms with Crippen LogP contribution in [0.15, 0.2) is 0 Å². The van der Waals surface area contributed by atoms with Gasteiger partial charge in [-0.1, -0.05) is 25.4 Å². The highest BCUT2D eigenvalue weighted by Gasteiger charge is 2.25. The van der Waals surface area contributed by atoms with E-state index in [1.807, 2.05) is 0 Å². The lowest BCUT2D eigenvalue weighted by atomic mass is 10.1. The van der Waals surface area contributed by atoms with Gasteiger partial charge in [0.25, 0.3) is 0 Å². The molecule has 0 saturated carbocycles. The molecule has 1 heterocycles. The highest BCUT2D eigenvalue weighted by molar-refractivity contribution is 6.34. The normalized spacial score (nSPS) is 10.5. The first-order valence-electron chi connectivity index (χ1n) is 4.95. The van der Waals surface area contributed by atoms with E-state index in [-0.39, 0.29) is 28.1 Å². The average Bonchev–Trinajstić information content (AvgIpc) is 2.28. The van der Waals surface area contributed by atoms with Crippen LogP contribution in [0, 0.1) is 5.82 Å². The van der Waals surface area contributed by atoms with Crippen LogP contribution in [0.25, 0.3) is 0 Å². The summed E-state index contributed by atoms with van der Waals surface area (Å²) in [6, 6.07) is 0. The molecule has 1 rings (SSSR count). The van der Waals surface area contributed by atoms with E-state index in [0.717, 1.165) is 0 Å². The Kier molecular flexibility index (Phi) is 4.28. The molecule has 6 heteroatoms. The molecule has 0 atom stereocenters. The van der Waals surface area contributed by atoms with Gasteiger partial charge in [-0.2, -0.15) is 0 Å². The molecule has 94 valence electrons. The number of rotatable bonds is 3. The number of pyridine rings is 1. The SMILES string of the molecule is COC(=O)c1nc(C(C)C)c(F)c(OC)c1Cl. The van der Waals surface area contributed by atoms with Crippen molar-refractivity contribution in [1.82, 2.24) is 4.98 Å². The fourth-order valence-corrected chi connectivity index (χ4v) is 1.61. The Bertz CT molecular complexity index is 449. The maximum Gasteiger partial charge on any atom is 0.358 e. The van der Waals surface area contributed by atoms with E-state index in [1.54, 1.807) is 13.8 Å². The molecule has 17 heavy (non-hydrogen) atoms. The van der Waals surface area contributed by atoms with Crippen LogP contribution < -0.4 is 4.74 Å². The number of methoxy groups -OCH3 is 2.